The summed E-state index contributed by atoms with van der Waals surface area (Å²) in [7, 11) is 0. The zero-order valence-electron chi connectivity index (χ0n) is 44.5. The van der Waals surface area contributed by atoms with Gasteiger partial charge in [-0.25, -0.2) is 19.8 Å². The summed E-state index contributed by atoms with van der Waals surface area (Å²) < 4.78 is 181. The molecule has 7 aromatic rings. The lowest BCUT2D eigenvalue weighted by molar-refractivity contribution is -0.145. The predicted octanol–water partition coefficient (Wildman–Crippen LogP) is 11.6. The zero-order valence-corrected chi connectivity index (χ0v) is 44.5. The topological polar surface area (TPSA) is 173 Å². The van der Waals surface area contributed by atoms with E-state index in [2.05, 4.69) is 31.0 Å². The third-order valence-corrected chi connectivity index (χ3v) is 14.9. The van der Waals surface area contributed by atoms with E-state index in [1.54, 1.807) is 16.7 Å². The van der Waals surface area contributed by atoms with E-state index in [4.69, 9.17) is 14.2 Å². The number of hydrogen-bond acceptors (Lipinski definition) is 10. The van der Waals surface area contributed by atoms with Crippen LogP contribution in [0, 0.1) is 0 Å². The Balaban J connectivity index is 0.000000220. The average Bonchev–Trinajstić information content (AvgIpc) is 3.80. The number of rotatable bonds is 17. The van der Waals surface area contributed by atoms with Gasteiger partial charge in [-0.1, -0.05) is 91.0 Å². The zero-order chi connectivity index (χ0) is 60.0. The molecule has 0 amide bonds. The molecule has 5 N–H and O–H groups in total. The lowest BCUT2D eigenvalue weighted by atomic mass is 9.81. The highest BCUT2D eigenvalue weighted by Gasteiger charge is 2.43. The van der Waals surface area contributed by atoms with Gasteiger partial charge in [-0.3, -0.25) is 9.13 Å². The van der Waals surface area contributed by atoms with Crippen molar-refractivity contribution in [2.75, 3.05) is 26.3 Å². The Morgan fingerprint density at radius 3 is 1.25 bits per heavy atom. The molecule has 26 heteroatoms. The number of piperidine rings is 2. The lowest BCUT2D eigenvalue weighted by Crippen LogP contribution is -2.53. The first-order valence-electron chi connectivity index (χ1n) is 26.2. The first kappa shape index (κ1) is 62.0. The summed E-state index contributed by atoms with van der Waals surface area (Å²) in [6.07, 6.45) is -20.2. The number of halogens is 12. The molecule has 0 unspecified atom stereocenters. The molecule has 446 valence electrons. The van der Waals surface area contributed by atoms with Crippen molar-refractivity contribution in [2.45, 2.75) is 119 Å². The summed E-state index contributed by atoms with van der Waals surface area (Å²) in [4.78, 5) is 25.0. The molecule has 0 aliphatic carbocycles. The van der Waals surface area contributed by atoms with Gasteiger partial charge < -0.3 is 30.0 Å². The van der Waals surface area contributed by atoms with Crippen molar-refractivity contribution in [1.82, 2.24) is 40.2 Å². The van der Waals surface area contributed by atoms with Gasteiger partial charge in [0.05, 0.1) is 77.4 Å². The maximum absolute atomic E-state index is 13.5. The van der Waals surface area contributed by atoms with Crippen LogP contribution in [0.1, 0.15) is 126 Å². The second-order valence-electron chi connectivity index (χ2n) is 20.4. The van der Waals surface area contributed by atoms with Crippen molar-refractivity contribution in [1.29, 1.82) is 0 Å². The Morgan fingerprint density at radius 1 is 0.542 bits per heavy atom. The Bertz CT molecular complexity index is 3280. The average molecular weight is 1180 g/mol. The molecule has 2 saturated heterocycles. The van der Waals surface area contributed by atoms with Crippen LogP contribution in [0.25, 0.3) is 0 Å². The number of ether oxygens (including phenoxy) is 3. The van der Waals surface area contributed by atoms with Crippen LogP contribution in [0.2, 0.25) is 0 Å². The molecule has 0 saturated carbocycles. The molecule has 83 heavy (non-hydrogen) atoms. The largest absolute Gasteiger partial charge is 0.416 e. The normalized spacial score (nSPS) is 20.6. The standard InChI is InChI=1S/C32H32F6N4O3.C25H26F6N4O3/c1-21(23-14-25(31(33,34)35)16-26(15-23)32(36,37)38)45-20-30(24-10-6-3-7-11-24)13-12-27(17-39-30)42-28(40-41-29(42)43)19-44-18-22-8-4-2-5-9-22;1-15(16-9-18(24(26,27)28)11-19(10-16)25(29,30)31)38-14-23(17-5-3-2-4-6-17)8-7-20(12-32-23)35-21(13-36)33-34-22(35)37/h2-11,14-16,21,27,39H,12-13,17-20H2,1H3,(H,41,43);2-6,9-11,15,20,32,36H,7-8,12-14H2,1H3,(H,34,37)/t21-,27+,30-;15-,20+,23-/m11/s1. The maximum atomic E-state index is 13.5. The third kappa shape index (κ3) is 15.0. The second-order valence-corrected chi connectivity index (χ2v) is 20.4. The molecule has 0 spiro atoms. The van der Waals surface area contributed by atoms with E-state index < -0.39 is 82.5 Å². The summed E-state index contributed by atoms with van der Waals surface area (Å²) >= 11 is 0. The SMILES string of the molecule is C[C@@H](OC[C@@]1(c2ccccc2)CC[C@H](n2c(CO)n[nH]c2=O)CN1)c1cc(C(F)(F)F)cc(C(F)(F)F)c1.C[C@@H](OC[C@@]1(c2ccccc2)CC[C@H](n2c(COCc3ccccc3)n[nH]c2=O)CN1)c1cc(C(F)(F)F)cc(C(F)(F)F)c1. The van der Waals surface area contributed by atoms with Gasteiger partial charge in [0.1, 0.15) is 13.2 Å². The van der Waals surface area contributed by atoms with E-state index in [-0.39, 0.29) is 73.2 Å². The Labute approximate surface area is 466 Å². The highest BCUT2D eigenvalue weighted by Crippen LogP contribution is 2.42. The van der Waals surface area contributed by atoms with Crippen LogP contribution in [0.4, 0.5) is 52.7 Å². The number of alkyl halides is 12. The molecule has 9 rings (SSSR count). The van der Waals surface area contributed by atoms with Crippen molar-refractivity contribution < 1.29 is 72.0 Å². The monoisotopic (exact) mass is 1180 g/mol. The molecule has 0 radical (unpaired) electrons. The molecule has 4 heterocycles. The van der Waals surface area contributed by atoms with Gasteiger partial charge >= 0.3 is 36.1 Å². The van der Waals surface area contributed by atoms with E-state index >= 15 is 0 Å². The van der Waals surface area contributed by atoms with Gasteiger partial charge in [0.25, 0.3) is 0 Å². The van der Waals surface area contributed by atoms with E-state index in [0.717, 1.165) is 16.7 Å². The van der Waals surface area contributed by atoms with Gasteiger partial charge in [-0.15, -0.1) is 0 Å². The molecule has 5 aromatic carbocycles. The number of nitrogens with one attached hydrogen (secondary N) is 4. The number of nitrogens with zero attached hydrogens (tertiary/aromatic N) is 4. The molecule has 14 nitrogen and oxygen atoms in total. The van der Waals surface area contributed by atoms with E-state index in [0.29, 0.717) is 68.9 Å². The van der Waals surface area contributed by atoms with Crippen LogP contribution in [-0.4, -0.2) is 60.9 Å². The Kier molecular flexibility index (Phi) is 19.0. The maximum Gasteiger partial charge on any atom is 0.416 e. The second kappa shape index (κ2) is 25.4. The minimum absolute atomic E-state index is 0.0458. The molecule has 2 aliphatic heterocycles. The van der Waals surface area contributed by atoms with Crippen LogP contribution < -0.4 is 22.0 Å². The molecule has 2 fully saturated rings. The molecule has 0 bridgehead atoms. The minimum atomic E-state index is -4.96. The lowest BCUT2D eigenvalue weighted by Gasteiger charge is -2.42. The first-order chi connectivity index (χ1) is 39.2. The van der Waals surface area contributed by atoms with Crippen molar-refractivity contribution >= 4 is 0 Å². The fraction of sp³-hybridized carbons (Fsp3) is 0.404. The molecular formula is C57H58F12N8O6. The Hall–Kier alpha value is -7.10. The highest BCUT2D eigenvalue weighted by atomic mass is 19.4. The van der Waals surface area contributed by atoms with Crippen molar-refractivity contribution in [2.24, 2.45) is 0 Å². The van der Waals surface area contributed by atoms with Gasteiger partial charge in [0.15, 0.2) is 11.6 Å². The van der Waals surface area contributed by atoms with E-state index in [9.17, 15) is 67.4 Å². The van der Waals surface area contributed by atoms with Crippen LogP contribution >= 0.6 is 0 Å². The number of aromatic nitrogens is 6. The highest BCUT2D eigenvalue weighted by molar-refractivity contribution is 5.36. The number of H-pyrrole nitrogens is 2. The van der Waals surface area contributed by atoms with Crippen molar-refractivity contribution in [3.8, 4) is 0 Å². The van der Waals surface area contributed by atoms with Crippen LogP contribution in [-0.2, 0) is 69.8 Å². The summed E-state index contributed by atoms with van der Waals surface area (Å²) in [5, 5.41) is 29.1. The smallest absolute Gasteiger partial charge is 0.388 e. The summed E-state index contributed by atoms with van der Waals surface area (Å²) in [5.74, 6) is 0.619. The minimum Gasteiger partial charge on any atom is -0.388 e. The Morgan fingerprint density at radius 2 is 0.904 bits per heavy atom. The fourth-order valence-corrected chi connectivity index (χ4v) is 10.3. The summed E-state index contributed by atoms with van der Waals surface area (Å²) in [5.41, 5.74) is -5.96. The van der Waals surface area contributed by atoms with Gasteiger partial charge in [-0.2, -0.15) is 62.9 Å². The number of aromatic amines is 2. The predicted molar refractivity (Wildman–Crippen MR) is 277 cm³/mol. The van der Waals surface area contributed by atoms with Crippen LogP contribution in [0.15, 0.2) is 137 Å². The van der Waals surface area contributed by atoms with Gasteiger partial charge in [0.2, 0.25) is 0 Å². The third-order valence-electron chi connectivity index (χ3n) is 14.9. The van der Waals surface area contributed by atoms with Crippen molar-refractivity contribution in [3.05, 3.63) is 210 Å². The van der Waals surface area contributed by atoms with Gasteiger partial charge in [0, 0.05) is 13.1 Å². The quantitative estimate of drug-likeness (QED) is 0.0552. The fourth-order valence-electron chi connectivity index (χ4n) is 10.3. The van der Waals surface area contributed by atoms with E-state index in [1.165, 1.54) is 18.4 Å². The molecule has 2 aromatic heterocycles. The first-order valence-corrected chi connectivity index (χ1v) is 26.2. The van der Waals surface area contributed by atoms with Gasteiger partial charge in [-0.05, 0) is 104 Å². The van der Waals surface area contributed by atoms with E-state index in [1.807, 2.05) is 78.9 Å². The molecule has 2 aliphatic rings. The number of benzene rings is 5. The van der Waals surface area contributed by atoms with Crippen LogP contribution in [0.5, 0.6) is 0 Å². The number of hydrogen-bond donors (Lipinski definition) is 5. The summed E-state index contributed by atoms with van der Waals surface area (Å²) in [6, 6.07) is 30.2. The number of aliphatic hydroxyl groups is 1. The summed E-state index contributed by atoms with van der Waals surface area (Å²) in [6.45, 7) is 3.33. The van der Waals surface area contributed by atoms with Crippen molar-refractivity contribution in [3.63, 3.8) is 0 Å². The molecule has 6 atom stereocenters. The molecular weight excluding hydrogens is 1120 g/mol. The van der Waals surface area contributed by atoms with Crippen LogP contribution in [0.3, 0.4) is 0 Å². The number of aliphatic hydroxyl groups excluding tert-OH is 1.